The van der Waals surface area contributed by atoms with Gasteiger partial charge in [0.15, 0.2) is 11.6 Å². The monoisotopic (exact) mass is 272 g/mol. The number of carbonyl (C=O) groups is 1. The Morgan fingerprint density at radius 1 is 1.20 bits per heavy atom. The van der Waals surface area contributed by atoms with E-state index in [1.54, 1.807) is 6.20 Å². The lowest BCUT2D eigenvalue weighted by molar-refractivity contribution is 0.262. The summed E-state index contributed by atoms with van der Waals surface area (Å²) < 4.78 is 1.95. The van der Waals surface area contributed by atoms with Crippen LogP contribution in [-0.2, 0) is 13.0 Å². The fraction of sp³-hybridized carbons (Fsp3) is 0.385. The quantitative estimate of drug-likeness (QED) is 0.875. The summed E-state index contributed by atoms with van der Waals surface area (Å²) in [4.78, 5) is 20.0. The molecule has 0 saturated heterocycles. The lowest BCUT2D eigenvalue weighted by Gasteiger charge is -2.11. The third-order valence-corrected chi connectivity index (χ3v) is 3.18. The normalized spacial score (nSPS) is 13.7. The van der Waals surface area contributed by atoms with Crippen molar-refractivity contribution >= 4 is 17.7 Å². The number of urea groups is 1. The van der Waals surface area contributed by atoms with E-state index in [2.05, 4.69) is 25.7 Å². The third-order valence-electron chi connectivity index (χ3n) is 3.18. The Bertz CT molecular complexity index is 595. The van der Waals surface area contributed by atoms with Crippen molar-refractivity contribution in [3.05, 3.63) is 29.8 Å². The number of hydrogen-bond donors (Lipinski definition) is 2. The zero-order valence-corrected chi connectivity index (χ0v) is 11.3. The zero-order chi connectivity index (χ0) is 13.9. The fourth-order valence-electron chi connectivity index (χ4n) is 2.20. The minimum atomic E-state index is -0.362. The number of anilines is 2. The molecule has 2 N–H and O–H groups in total. The second-order valence-corrected chi connectivity index (χ2v) is 4.82. The molecule has 0 aromatic carbocycles. The molecule has 0 bridgehead atoms. The van der Waals surface area contributed by atoms with E-state index in [0.29, 0.717) is 11.6 Å². The first-order valence-corrected chi connectivity index (χ1v) is 6.64. The maximum Gasteiger partial charge on any atom is 0.326 e. The van der Waals surface area contributed by atoms with Crippen LogP contribution in [0.4, 0.5) is 16.4 Å². The van der Waals surface area contributed by atoms with Crippen molar-refractivity contribution in [2.45, 2.75) is 32.7 Å². The molecule has 104 valence electrons. The molecule has 1 aliphatic heterocycles. The summed E-state index contributed by atoms with van der Waals surface area (Å²) in [6.45, 7) is 2.76. The molecule has 0 saturated carbocycles. The minimum Gasteiger partial charge on any atom is -0.291 e. The van der Waals surface area contributed by atoms with Gasteiger partial charge in [-0.3, -0.25) is 20.3 Å². The zero-order valence-electron chi connectivity index (χ0n) is 11.3. The summed E-state index contributed by atoms with van der Waals surface area (Å²) in [6.07, 6.45) is 6.45. The number of nitrogens with zero attached hydrogens (tertiary/aromatic N) is 4. The predicted octanol–water partition coefficient (Wildman–Crippen LogP) is 1.96. The molecule has 0 atom stereocenters. The molecule has 2 aromatic rings. The van der Waals surface area contributed by atoms with Crippen LogP contribution in [0.25, 0.3) is 0 Å². The number of nitrogens with one attached hydrogen (secondary N) is 2. The van der Waals surface area contributed by atoms with Gasteiger partial charge >= 0.3 is 6.03 Å². The number of amides is 2. The van der Waals surface area contributed by atoms with Crippen LogP contribution < -0.4 is 10.6 Å². The van der Waals surface area contributed by atoms with Crippen LogP contribution in [0.5, 0.6) is 0 Å². The molecule has 0 unspecified atom stereocenters. The van der Waals surface area contributed by atoms with E-state index < -0.39 is 0 Å². The van der Waals surface area contributed by atoms with E-state index in [0.717, 1.165) is 25.1 Å². The van der Waals surface area contributed by atoms with Crippen molar-refractivity contribution in [3.8, 4) is 0 Å². The summed E-state index contributed by atoms with van der Waals surface area (Å²) >= 11 is 0. The lowest BCUT2D eigenvalue weighted by atomic mass is 10.1. The molecule has 0 fully saturated rings. The van der Waals surface area contributed by atoms with Crippen molar-refractivity contribution in [2.75, 3.05) is 10.6 Å². The Morgan fingerprint density at radius 3 is 2.80 bits per heavy atom. The molecule has 20 heavy (non-hydrogen) atoms. The van der Waals surface area contributed by atoms with Gasteiger partial charge in [-0.1, -0.05) is 0 Å². The molecule has 2 amide bonds. The van der Waals surface area contributed by atoms with Gasteiger partial charge in [-0.25, -0.2) is 9.78 Å². The van der Waals surface area contributed by atoms with Gasteiger partial charge in [0.1, 0.15) is 0 Å². The molecule has 3 rings (SSSR count). The fourth-order valence-corrected chi connectivity index (χ4v) is 2.20. The first-order chi connectivity index (χ1) is 9.70. The van der Waals surface area contributed by atoms with Gasteiger partial charge in [-0.05, 0) is 26.2 Å². The maximum absolute atomic E-state index is 11.8. The van der Waals surface area contributed by atoms with Crippen LogP contribution >= 0.6 is 0 Å². The van der Waals surface area contributed by atoms with Crippen LogP contribution in [0.15, 0.2) is 18.5 Å². The van der Waals surface area contributed by atoms with Crippen molar-refractivity contribution in [3.63, 3.8) is 0 Å². The molecular formula is C13H16N6O. The van der Waals surface area contributed by atoms with E-state index in [1.807, 2.05) is 17.7 Å². The van der Waals surface area contributed by atoms with Crippen molar-refractivity contribution < 1.29 is 4.79 Å². The first kappa shape index (κ1) is 12.6. The van der Waals surface area contributed by atoms with Gasteiger partial charge in [-0.15, -0.1) is 0 Å². The summed E-state index contributed by atoms with van der Waals surface area (Å²) in [5, 5.41) is 9.69. The average Bonchev–Trinajstić information content (AvgIpc) is 2.83. The highest BCUT2D eigenvalue weighted by molar-refractivity contribution is 5.98. The van der Waals surface area contributed by atoms with Gasteiger partial charge in [0, 0.05) is 18.3 Å². The Kier molecular flexibility index (Phi) is 3.32. The minimum absolute atomic E-state index is 0.362. The molecule has 0 radical (unpaired) electrons. The van der Waals surface area contributed by atoms with Gasteiger partial charge in [0.2, 0.25) is 0 Å². The Morgan fingerprint density at radius 2 is 2.05 bits per heavy atom. The van der Waals surface area contributed by atoms with Crippen molar-refractivity contribution in [1.82, 2.24) is 19.7 Å². The van der Waals surface area contributed by atoms with E-state index >= 15 is 0 Å². The number of carbonyl (C=O) groups excluding carboxylic acids is 1. The largest absolute Gasteiger partial charge is 0.326 e. The molecule has 0 aliphatic carbocycles. The van der Waals surface area contributed by atoms with Crippen LogP contribution in [0, 0.1) is 6.92 Å². The van der Waals surface area contributed by atoms with Gasteiger partial charge < -0.3 is 0 Å². The number of aryl methyl sites for hydroxylation is 3. The molecule has 3 heterocycles. The van der Waals surface area contributed by atoms with Gasteiger partial charge in [0.25, 0.3) is 0 Å². The van der Waals surface area contributed by atoms with E-state index in [9.17, 15) is 4.79 Å². The smallest absolute Gasteiger partial charge is 0.291 e. The van der Waals surface area contributed by atoms with Crippen LogP contribution in [0.2, 0.25) is 0 Å². The summed E-state index contributed by atoms with van der Waals surface area (Å²) in [5.41, 5.74) is 1.97. The third kappa shape index (κ3) is 2.76. The van der Waals surface area contributed by atoms with Crippen molar-refractivity contribution in [1.29, 1.82) is 0 Å². The molecule has 7 nitrogen and oxygen atoms in total. The van der Waals surface area contributed by atoms with E-state index in [1.165, 1.54) is 18.3 Å². The highest BCUT2D eigenvalue weighted by atomic mass is 16.2. The van der Waals surface area contributed by atoms with E-state index in [-0.39, 0.29) is 6.03 Å². The van der Waals surface area contributed by atoms with Crippen LogP contribution in [0.3, 0.4) is 0 Å². The number of aromatic nitrogens is 4. The first-order valence-electron chi connectivity index (χ1n) is 6.64. The summed E-state index contributed by atoms with van der Waals surface area (Å²) in [5.74, 6) is 0.983. The topological polar surface area (TPSA) is 84.7 Å². The molecule has 1 aliphatic rings. The second kappa shape index (κ2) is 5.28. The summed E-state index contributed by atoms with van der Waals surface area (Å²) in [6, 6.07) is 1.55. The number of rotatable bonds is 2. The molecular weight excluding hydrogens is 256 g/mol. The maximum atomic E-state index is 11.8. The summed E-state index contributed by atoms with van der Waals surface area (Å²) in [7, 11) is 0. The number of hydrogen-bond acceptors (Lipinski definition) is 4. The Hall–Kier alpha value is -2.44. The Balaban J connectivity index is 1.63. The van der Waals surface area contributed by atoms with Crippen LogP contribution in [0.1, 0.15) is 24.2 Å². The highest BCUT2D eigenvalue weighted by Crippen LogP contribution is 2.17. The molecule has 7 heteroatoms. The van der Waals surface area contributed by atoms with E-state index in [4.69, 9.17) is 0 Å². The molecule has 0 spiro atoms. The standard InChI is InChI=1S/C13H16N6O/c1-9-7-15-12(8-14-9)17-13(20)16-11-6-10-4-2-3-5-19(10)18-11/h6-8H,2-5H2,1H3,(H2,15,16,17,18,20). The molecule has 2 aromatic heterocycles. The van der Waals surface area contributed by atoms with Crippen molar-refractivity contribution in [2.24, 2.45) is 0 Å². The second-order valence-electron chi connectivity index (χ2n) is 4.82. The highest BCUT2D eigenvalue weighted by Gasteiger charge is 2.13. The number of fused-ring (bicyclic) bond motifs is 1. The average molecular weight is 272 g/mol. The SMILES string of the molecule is Cc1cnc(NC(=O)Nc2cc3n(n2)CCCC3)cn1. The predicted molar refractivity (Wildman–Crippen MR) is 74.6 cm³/mol. The van der Waals surface area contributed by atoms with Gasteiger partial charge in [0.05, 0.1) is 18.1 Å². The van der Waals surface area contributed by atoms with Gasteiger partial charge in [-0.2, -0.15) is 5.10 Å². The lowest BCUT2D eigenvalue weighted by Crippen LogP contribution is -2.20. The van der Waals surface area contributed by atoms with Crippen LogP contribution in [-0.4, -0.2) is 25.8 Å². The Labute approximate surface area is 116 Å².